The maximum Gasteiger partial charge on any atom is 0.316 e. The highest BCUT2D eigenvalue weighted by molar-refractivity contribution is 5.99. The number of hydrogen-bond donors (Lipinski definition) is 0. The predicted octanol–water partition coefficient (Wildman–Crippen LogP) is 4.24. The average Bonchev–Trinajstić information content (AvgIpc) is 3.13. The Hall–Kier alpha value is -3.40. The van der Waals surface area contributed by atoms with Gasteiger partial charge >= 0.3 is 5.97 Å². The summed E-state index contributed by atoms with van der Waals surface area (Å²) in [4.78, 5) is 26.4. The van der Waals surface area contributed by atoms with Gasteiger partial charge in [0.1, 0.15) is 5.75 Å². The van der Waals surface area contributed by atoms with Crippen LogP contribution in [0.3, 0.4) is 0 Å². The molecule has 4 nitrogen and oxygen atoms in total. The van der Waals surface area contributed by atoms with Gasteiger partial charge in [-0.25, -0.2) is 0 Å². The van der Waals surface area contributed by atoms with Crippen LogP contribution < -0.4 is 9.64 Å². The first-order chi connectivity index (χ1) is 13.7. The third-order valence-electron chi connectivity index (χ3n) is 4.92. The van der Waals surface area contributed by atoms with E-state index in [1.165, 1.54) is 5.56 Å². The maximum atomic E-state index is 12.5. The van der Waals surface area contributed by atoms with E-state index in [1.54, 1.807) is 4.90 Å². The monoisotopic (exact) mass is 371 g/mol. The topological polar surface area (TPSA) is 46.6 Å². The maximum absolute atomic E-state index is 12.5. The molecule has 0 aliphatic carbocycles. The summed E-state index contributed by atoms with van der Waals surface area (Å²) in [5, 5.41) is 0. The van der Waals surface area contributed by atoms with Gasteiger partial charge in [-0.15, -0.1) is 0 Å². The number of rotatable bonds is 5. The van der Waals surface area contributed by atoms with Crippen LogP contribution in [0.25, 0.3) is 0 Å². The smallest absolute Gasteiger partial charge is 0.316 e. The Morgan fingerprint density at radius 3 is 2.14 bits per heavy atom. The second kappa shape index (κ2) is 8.09. The second-order valence-electron chi connectivity index (χ2n) is 6.97. The van der Waals surface area contributed by atoms with Crippen molar-refractivity contribution in [1.82, 2.24) is 0 Å². The van der Waals surface area contributed by atoms with Crippen LogP contribution in [0.2, 0.25) is 0 Å². The summed E-state index contributed by atoms with van der Waals surface area (Å²) in [6, 6.07) is 27.2. The molecule has 1 aliphatic rings. The summed E-state index contributed by atoms with van der Waals surface area (Å²) in [6.45, 7) is 0.355. The van der Waals surface area contributed by atoms with Crippen LogP contribution in [0.15, 0.2) is 84.9 Å². The van der Waals surface area contributed by atoms with Crippen molar-refractivity contribution in [3.8, 4) is 5.75 Å². The SMILES string of the molecule is O=C(Oc1ccc(Cc2ccccc2)cc1)[C@H]1CC(=O)N(c2ccccc2)C1. The van der Waals surface area contributed by atoms with Crippen LogP contribution in [0.4, 0.5) is 5.69 Å². The molecule has 140 valence electrons. The molecule has 0 aromatic heterocycles. The van der Waals surface area contributed by atoms with Crippen LogP contribution in [-0.2, 0) is 16.0 Å². The van der Waals surface area contributed by atoms with Crippen molar-refractivity contribution < 1.29 is 14.3 Å². The van der Waals surface area contributed by atoms with Crippen LogP contribution in [-0.4, -0.2) is 18.4 Å². The Kier molecular flexibility index (Phi) is 5.20. The number of benzene rings is 3. The molecule has 1 aliphatic heterocycles. The predicted molar refractivity (Wildman–Crippen MR) is 108 cm³/mol. The molecule has 4 heteroatoms. The lowest BCUT2D eigenvalue weighted by Crippen LogP contribution is -2.27. The molecule has 1 fully saturated rings. The molecular weight excluding hydrogens is 350 g/mol. The summed E-state index contributed by atoms with van der Waals surface area (Å²) in [6.07, 6.45) is 1.01. The normalized spacial score (nSPS) is 16.2. The van der Waals surface area contributed by atoms with E-state index in [0.29, 0.717) is 12.3 Å². The van der Waals surface area contributed by atoms with E-state index in [2.05, 4.69) is 12.1 Å². The van der Waals surface area contributed by atoms with Gasteiger partial charge in [0.25, 0.3) is 0 Å². The zero-order valence-corrected chi connectivity index (χ0v) is 15.5. The first kappa shape index (κ1) is 18.0. The Labute approximate surface area is 164 Å². The highest BCUT2D eigenvalue weighted by atomic mass is 16.5. The van der Waals surface area contributed by atoms with E-state index in [4.69, 9.17) is 4.74 Å². The van der Waals surface area contributed by atoms with Crippen LogP contribution >= 0.6 is 0 Å². The van der Waals surface area contributed by atoms with Crippen molar-refractivity contribution in [3.05, 3.63) is 96.1 Å². The number of carbonyl (C=O) groups is 2. The van der Waals surface area contributed by atoms with Gasteiger partial charge in [0.05, 0.1) is 5.92 Å². The lowest BCUT2D eigenvalue weighted by Gasteiger charge is -2.16. The van der Waals surface area contributed by atoms with E-state index < -0.39 is 5.92 Å². The van der Waals surface area contributed by atoms with Gasteiger partial charge in [-0.2, -0.15) is 0 Å². The van der Waals surface area contributed by atoms with E-state index >= 15 is 0 Å². The zero-order chi connectivity index (χ0) is 19.3. The Bertz CT molecular complexity index is 952. The molecular formula is C24H21NO3. The summed E-state index contributed by atoms with van der Waals surface area (Å²) in [5.74, 6) is -0.349. The third kappa shape index (κ3) is 4.12. The van der Waals surface area contributed by atoms with Crippen molar-refractivity contribution in [2.45, 2.75) is 12.8 Å². The van der Waals surface area contributed by atoms with Crippen molar-refractivity contribution >= 4 is 17.6 Å². The van der Waals surface area contributed by atoms with Crippen molar-refractivity contribution in [3.63, 3.8) is 0 Å². The molecule has 4 rings (SSSR count). The molecule has 3 aromatic rings. The number of carbonyl (C=O) groups excluding carboxylic acids is 2. The molecule has 1 atom stereocenters. The first-order valence-corrected chi connectivity index (χ1v) is 9.39. The molecule has 0 saturated carbocycles. The fourth-order valence-corrected chi connectivity index (χ4v) is 3.43. The van der Waals surface area contributed by atoms with Gasteiger partial charge < -0.3 is 9.64 Å². The molecule has 1 heterocycles. The second-order valence-corrected chi connectivity index (χ2v) is 6.97. The van der Waals surface area contributed by atoms with E-state index in [-0.39, 0.29) is 18.3 Å². The van der Waals surface area contributed by atoms with Crippen molar-refractivity contribution in [2.75, 3.05) is 11.4 Å². The van der Waals surface area contributed by atoms with E-state index in [0.717, 1.165) is 17.7 Å². The lowest BCUT2D eigenvalue weighted by molar-refractivity contribution is -0.139. The number of hydrogen-bond acceptors (Lipinski definition) is 3. The summed E-state index contributed by atoms with van der Waals surface area (Å²) >= 11 is 0. The third-order valence-corrected chi connectivity index (χ3v) is 4.92. The Morgan fingerprint density at radius 2 is 1.46 bits per heavy atom. The van der Waals surface area contributed by atoms with Crippen LogP contribution in [0, 0.1) is 5.92 Å². The molecule has 3 aromatic carbocycles. The first-order valence-electron chi connectivity index (χ1n) is 9.39. The molecule has 0 bridgehead atoms. The fraction of sp³-hybridized carbons (Fsp3) is 0.167. The number of nitrogens with zero attached hydrogens (tertiary/aromatic N) is 1. The summed E-state index contributed by atoms with van der Waals surface area (Å²) in [5.41, 5.74) is 3.20. The molecule has 28 heavy (non-hydrogen) atoms. The highest BCUT2D eigenvalue weighted by Gasteiger charge is 2.36. The van der Waals surface area contributed by atoms with Crippen molar-refractivity contribution in [1.29, 1.82) is 0 Å². The number of para-hydroxylation sites is 1. The quantitative estimate of drug-likeness (QED) is 0.498. The van der Waals surface area contributed by atoms with E-state index in [9.17, 15) is 9.59 Å². The largest absolute Gasteiger partial charge is 0.426 e. The molecule has 0 unspecified atom stereocenters. The molecule has 0 radical (unpaired) electrons. The van der Waals surface area contributed by atoms with E-state index in [1.807, 2.05) is 72.8 Å². The fourth-order valence-electron chi connectivity index (χ4n) is 3.43. The minimum Gasteiger partial charge on any atom is -0.426 e. The number of esters is 1. The minimum atomic E-state index is -0.447. The zero-order valence-electron chi connectivity index (χ0n) is 15.5. The summed E-state index contributed by atoms with van der Waals surface area (Å²) in [7, 11) is 0. The number of anilines is 1. The minimum absolute atomic E-state index is 0.0497. The molecule has 1 amide bonds. The van der Waals surface area contributed by atoms with Gasteiger partial charge in [-0.05, 0) is 41.8 Å². The van der Waals surface area contributed by atoms with Gasteiger partial charge in [-0.3, -0.25) is 9.59 Å². The van der Waals surface area contributed by atoms with Gasteiger partial charge in [0.15, 0.2) is 0 Å². The standard InChI is InChI=1S/C24H21NO3/c26-23-16-20(17-25(23)21-9-5-2-6-10-21)24(27)28-22-13-11-19(12-14-22)15-18-7-3-1-4-8-18/h1-14,20H,15-17H2/t20-/m0/s1. The van der Waals surface area contributed by atoms with Crippen molar-refractivity contribution in [2.24, 2.45) is 5.92 Å². The molecule has 0 spiro atoms. The van der Waals surface area contributed by atoms with Crippen LogP contribution in [0.1, 0.15) is 17.5 Å². The number of amides is 1. The molecule has 1 saturated heterocycles. The molecule has 0 N–H and O–H groups in total. The summed E-state index contributed by atoms with van der Waals surface area (Å²) < 4.78 is 5.52. The highest BCUT2D eigenvalue weighted by Crippen LogP contribution is 2.26. The number of ether oxygens (including phenoxy) is 1. The van der Waals surface area contributed by atoms with Gasteiger partial charge in [0.2, 0.25) is 5.91 Å². The van der Waals surface area contributed by atoms with Gasteiger partial charge in [0, 0.05) is 18.7 Å². The van der Waals surface area contributed by atoms with Crippen LogP contribution in [0.5, 0.6) is 5.75 Å². The Morgan fingerprint density at radius 1 is 0.857 bits per heavy atom. The lowest BCUT2D eigenvalue weighted by atomic mass is 10.1. The average molecular weight is 371 g/mol. The van der Waals surface area contributed by atoms with Gasteiger partial charge in [-0.1, -0.05) is 60.7 Å². The Balaban J connectivity index is 1.37.